The van der Waals surface area contributed by atoms with E-state index < -0.39 is 11.7 Å². The monoisotopic (exact) mass is 416 g/mol. The van der Waals surface area contributed by atoms with Crippen molar-refractivity contribution in [3.05, 3.63) is 23.3 Å². The van der Waals surface area contributed by atoms with Crippen molar-refractivity contribution in [2.24, 2.45) is 34.5 Å². The maximum Gasteiger partial charge on any atom is 0.0849 e. The third-order valence-electron chi connectivity index (χ3n) is 10.0. The van der Waals surface area contributed by atoms with E-state index in [0.717, 1.165) is 25.7 Å². The van der Waals surface area contributed by atoms with E-state index in [-0.39, 0.29) is 11.5 Å². The molecule has 4 aliphatic rings. The van der Waals surface area contributed by atoms with Crippen LogP contribution in [0.1, 0.15) is 92.4 Å². The van der Waals surface area contributed by atoms with Crippen LogP contribution < -0.4 is 0 Å². The smallest absolute Gasteiger partial charge is 0.0849 e. The van der Waals surface area contributed by atoms with Crippen molar-refractivity contribution < 1.29 is 15.3 Å². The molecule has 0 aromatic heterocycles. The summed E-state index contributed by atoms with van der Waals surface area (Å²) in [5.41, 5.74) is 2.79. The van der Waals surface area contributed by atoms with E-state index in [0.29, 0.717) is 35.5 Å². The molecule has 0 saturated heterocycles. The molecule has 0 unspecified atom stereocenters. The van der Waals surface area contributed by atoms with Gasteiger partial charge in [-0.2, -0.15) is 0 Å². The van der Waals surface area contributed by atoms with Crippen LogP contribution in [-0.4, -0.2) is 33.1 Å². The molecular formula is C27H44O3. The van der Waals surface area contributed by atoms with Crippen LogP contribution >= 0.6 is 0 Å². The Hall–Kier alpha value is -0.640. The van der Waals surface area contributed by atoms with Crippen LogP contribution in [0.4, 0.5) is 0 Å². The van der Waals surface area contributed by atoms with Crippen LogP contribution in [-0.2, 0) is 0 Å². The van der Waals surface area contributed by atoms with Gasteiger partial charge >= 0.3 is 0 Å². The lowest BCUT2D eigenvalue weighted by molar-refractivity contribution is -0.0557. The second-order valence-electron chi connectivity index (χ2n) is 12.2. The van der Waals surface area contributed by atoms with Gasteiger partial charge in [0.25, 0.3) is 0 Å². The Balaban J connectivity index is 1.51. The second kappa shape index (κ2) is 7.74. The van der Waals surface area contributed by atoms with Crippen molar-refractivity contribution in [1.82, 2.24) is 0 Å². The first kappa shape index (κ1) is 22.6. The number of aliphatic hydroxyl groups is 3. The van der Waals surface area contributed by atoms with E-state index in [1.165, 1.54) is 31.3 Å². The number of hydrogen-bond donors (Lipinski definition) is 3. The summed E-state index contributed by atoms with van der Waals surface area (Å²) in [6.45, 7) is 10.8. The zero-order valence-electron chi connectivity index (χ0n) is 19.8. The first-order valence-corrected chi connectivity index (χ1v) is 12.5. The van der Waals surface area contributed by atoms with E-state index >= 15 is 0 Å². The quantitative estimate of drug-likeness (QED) is 0.563. The molecule has 30 heavy (non-hydrogen) atoms. The summed E-state index contributed by atoms with van der Waals surface area (Å²) in [6, 6.07) is 0. The number of rotatable bonds is 5. The first-order valence-electron chi connectivity index (χ1n) is 12.5. The molecule has 3 heteroatoms. The molecule has 3 N–H and O–H groups in total. The Morgan fingerprint density at radius 3 is 2.47 bits per heavy atom. The number of fused-ring (bicyclic) bond motifs is 5. The van der Waals surface area contributed by atoms with Crippen LogP contribution in [0.2, 0.25) is 0 Å². The lowest BCUT2D eigenvalue weighted by Gasteiger charge is -2.55. The lowest BCUT2D eigenvalue weighted by Crippen LogP contribution is -2.46. The Morgan fingerprint density at radius 1 is 1.03 bits per heavy atom. The standard InChI is InChI=1S/C27H44O3/c1-17(6-11-24(29)25(2,3)30)21-9-10-22-20-8-7-18-16-19(28)12-14-26(18,4)23(20)13-15-27(21,22)5/h7-8,17,19,21-24,28-30H,6,9-16H2,1-5H3/t17-,19+,21-,22+,23-,24-,26+,27-/m1/s1. The van der Waals surface area contributed by atoms with Gasteiger partial charge in [-0.05, 0) is 106 Å². The molecule has 3 nitrogen and oxygen atoms in total. The fourth-order valence-electron chi connectivity index (χ4n) is 7.93. The fraction of sp³-hybridized carbons (Fsp3) is 0.852. The van der Waals surface area contributed by atoms with Gasteiger partial charge in [-0.1, -0.05) is 44.1 Å². The molecule has 3 fully saturated rings. The van der Waals surface area contributed by atoms with Crippen molar-refractivity contribution in [3.63, 3.8) is 0 Å². The van der Waals surface area contributed by atoms with Gasteiger partial charge in [-0.25, -0.2) is 0 Å². The highest BCUT2D eigenvalue weighted by Gasteiger charge is 2.56. The summed E-state index contributed by atoms with van der Waals surface area (Å²) in [7, 11) is 0. The van der Waals surface area contributed by atoms with Crippen LogP contribution in [0.25, 0.3) is 0 Å². The maximum atomic E-state index is 10.3. The van der Waals surface area contributed by atoms with Gasteiger partial charge in [0.2, 0.25) is 0 Å². The van der Waals surface area contributed by atoms with Gasteiger partial charge in [-0.15, -0.1) is 0 Å². The summed E-state index contributed by atoms with van der Waals surface area (Å²) in [4.78, 5) is 0. The zero-order chi connectivity index (χ0) is 21.9. The predicted octanol–water partition coefficient (Wildman–Crippen LogP) is 5.39. The van der Waals surface area contributed by atoms with Gasteiger partial charge in [-0.3, -0.25) is 0 Å². The molecular weight excluding hydrogens is 372 g/mol. The molecule has 0 spiro atoms. The highest BCUT2D eigenvalue weighted by molar-refractivity contribution is 5.38. The summed E-state index contributed by atoms with van der Waals surface area (Å²) in [5, 5.41) is 30.6. The van der Waals surface area contributed by atoms with E-state index in [2.05, 4.69) is 32.9 Å². The summed E-state index contributed by atoms with van der Waals surface area (Å²) in [6.07, 6.45) is 13.8. The zero-order valence-corrected chi connectivity index (χ0v) is 19.8. The Kier molecular flexibility index (Phi) is 5.82. The first-order chi connectivity index (χ1) is 14.0. The average molecular weight is 417 g/mol. The molecule has 0 bridgehead atoms. The number of hydrogen-bond acceptors (Lipinski definition) is 3. The lowest BCUT2D eigenvalue weighted by atomic mass is 9.50. The van der Waals surface area contributed by atoms with E-state index in [1.54, 1.807) is 19.4 Å². The van der Waals surface area contributed by atoms with Gasteiger partial charge in [0.1, 0.15) is 0 Å². The SMILES string of the molecule is C[C@H](CC[C@@H](O)C(C)(C)O)[C@H]1CC[C@H]2C3=CC=C4C[C@@H](O)CC[C@]4(C)[C@@H]3CC[C@]12C. The number of aliphatic hydroxyl groups excluding tert-OH is 2. The van der Waals surface area contributed by atoms with Gasteiger partial charge in [0.05, 0.1) is 17.8 Å². The second-order valence-corrected chi connectivity index (χ2v) is 12.2. The van der Waals surface area contributed by atoms with Crippen molar-refractivity contribution in [2.75, 3.05) is 0 Å². The highest BCUT2D eigenvalue weighted by atomic mass is 16.3. The molecule has 0 radical (unpaired) electrons. The molecule has 3 saturated carbocycles. The normalized spacial score (nSPS) is 43.1. The Bertz CT molecular complexity index is 716. The molecule has 0 amide bonds. The third-order valence-corrected chi connectivity index (χ3v) is 10.0. The Morgan fingerprint density at radius 2 is 1.77 bits per heavy atom. The van der Waals surface area contributed by atoms with E-state index in [9.17, 15) is 15.3 Å². The molecule has 0 heterocycles. The van der Waals surface area contributed by atoms with Crippen LogP contribution in [0.15, 0.2) is 23.3 Å². The average Bonchev–Trinajstić information content (AvgIpc) is 3.03. The van der Waals surface area contributed by atoms with Gasteiger partial charge in [0.15, 0.2) is 0 Å². The minimum Gasteiger partial charge on any atom is -0.393 e. The van der Waals surface area contributed by atoms with Crippen molar-refractivity contribution in [2.45, 2.75) is 110 Å². The molecule has 0 aromatic carbocycles. The van der Waals surface area contributed by atoms with Crippen molar-refractivity contribution in [3.8, 4) is 0 Å². The predicted molar refractivity (Wildman–Crippen MR) is 122 cm³/mol. The largest absolute Gasteiger partial charge is 0.393 e. The van der Waals surface area contributed by atoms with Crippen molar-refractivity contribution in [1.29, 1.82) is 0 Å². The molecule has 8 atom stereocenters. The van der Waals surface area contributed by atoms with Crippen LogP contribution in [0.3, 0.4) is 0 Å². The van der Waals surface area contributed by atoms with Crippen LogP contribution in [0.5, 0.6) is 0 Å². The minimum atomic E-state index is -1.01. The summed E-state index contributed by atoms with van der Waals surface area (Å²) in [5.74, 6) is 2.62. The van der Waals surface area contributed by atoms with E-state index in [1.807, 2.05) is 0 Å². The molecule has 170 valence electrons. The summed E-state index contributed by atoms with van der Waals surface area (Å²) < 4.78 is 0. The molecule has 0 aliphatic heterocycles. The molecule has 0 aromatic rings. The molecule has 4 aliphatic carbocycles. The summed E-state index contributed by atoms with van der Waals surface area (Å²) >= 11 is 0. The van der Waals surface area contributed by atoms with Crippen LogP contribution in [0, 0.1) is 34.5 Å². The minimum absolute atomic E-state index is 0.149. The number of allylic oxidation sites excluding steroid dienone is 3. The highest BCUT2D eigenvalue weighted by Crippen LogP contribution is 2.66. The third kappa shape index (κ3) is 3.63. The van der Waals surface area contributed by atoms with Gasteiger partial charge < -0.3 is 15.3 Å². The topological polar surface area (TPSA) is 60.7 Å². The van der Waals surface area contributed by atoms with Crippen molar-refractivity contribution >= 4 is 0 Å². The molecule has 4 rings (SSSR count). The maximum absolute atomic E-state index is 10.3. The van der Waals surface area contributed by atoms with E-state index in [4.69, 9.17) is 0 Å². The fourth-order valence-corrected chi connectivity index (χ4v) is 7.93. The van der Waals surface area contributed by atoms with Gasteiger partial charge in [0, 0.05) is 0 Å². The Labute approximate surface area is 183 Å².